The van der Waals surface area contributed by atoms with Crippen LogP contribution in [0.3, 0.4) is 0 Å². The summed E-state index contributed by atoms with van der Waals surface area (Å²) in [6.45, 7) is 4.95. The van der Waals surface area contributed by atoms with Crippen LogP contribution in [0.1, 0.15) is 32.4 Å². The van der Waals surface area contributed by atoms with E-state index in [1.807, 2.05) is 6.07 Å². The van der Waals surface area contributed by atoms with Crippen molar-refractivity contribution in [2.75, 3.05) is 36.9 Å². The molecule has 0 unspecified atom stereocenters. The van der Waals surface area contributed by atoms with Crippen molar-refractivity contribution in [1.29, 1.82) is 5.41 Å². The van der Waals surface area contributed by atoms with Crippen molar-refractivity contribution >= 4 is 17.2 Å². The summed E-state index contributed by atoms with van der Waals surface area (Å²) >= 11 is 0. The van der Waals surface area contributed by atoms with E-state index in [1.54, 1.807) is 6.07 Å². The minimum Gasteiger partial charge on any atom is -0.471 e. The van der Waals surface area contributed by atoms with Crippen molar-refractivity contribution in [2.24, 2.45) is 0 Å². The van der Waals surface area contributed by atoms with Gasteiger partial charge in [-0.25, -0.2) is 15.0 Å². The third kappa shape index (κ3) is 3.45. The van der Waals surface area contributed by atoms with Gasteiger partial charge in [-0.15, -0.1) is 0 Å². The van der Waals surface area contributed by atoms with Gasteiger partial charge in [0, 0.05) is 32.2 Å². The van der Waals surface area contributed by atoms with Gasteiger partial charge in [0.15, 0.2) is 0 Å². The monoisotopic (exact) mass is 356 g/mol. The molecule has 2 fully saturated rings. The number of hydrogen-bond donors (Lipinski definition) is 2. The fourth-order valence-corrected chi connectivity index (χ4v) is 2.84. The van der Waals surface area contributed by atoms with E-state index in [1.165, 1.54) is 12.5 Å². The fraction of sp³-hybridized carbons (Fsp3) is 0.444. The Labute approximate surface area is 153 Å². The molecule has 138 valence electrons. The van der Waals surface area contributed by atoms with Gasteiger partial charge in [0.2, 0.25) is 5.88 Å². The van der Waals surface area contributed by atoms with E-state index in [4.69, 9.17) is 20.6 Å². The Morgan fingerprint density at radius 3 is 2.77 bits per heavy atom. The summed E-state index contributed by atoms with van der Waals surface area (Å²) in [6, 6.07) is 3.54. The molecule has 1 aliphatic carbocycles. The zero-order valence-electron chi connectivity index (χ0n) is 14.7. The Kier molecular flexibility index (Phi) is 4.20. The van der Waals surface area contributed by atoms with Gasteiger partial charge < -0.3 is 20.1 Å². The average Bonchev–Trinajstić information content (AvgIpc) is 3.40. The quantitative estimate of drug-likeness (QED) is 0.787. The predicted molar refractivity (Wildman–Crippen MR) is 100 cm³/mol. The lowest BCUT2D eigenvalue weighted by Gasteiger charge is -2.27. The van der Waals surface area contributed by atoms with Crippen LogP contribution in [0, 0.1) is 5.41 Å². The first-order valence-electron chi connectivity index (χ1n) is 8.73. The van der Waals surface area contributed by atoms with E-state index in [0.29, 0.717) is 36.0 Å². The number of aromatic nitrogens is 3. The van der Waals surface area contributed by atoms with Crippen LogP contribution in [0.25, 0.3) is 0 Å². The van der Waals surface area contributed by atoms with Gasteiger partial charge in [-0.1, -0.05) is 0 Å². The Hall–Kier alpha value is -2.74. The first-order valence-corrected chi connectivity index (χ1v) is 8.73. The highest BCUT2D eigenvalue weighted by Crippen LogP contribution is 2.39. The van der Waals surface area contributed by atoms with Crippen molar-refractivity contribution in [1.82, 2.24) is 15.0 Å². The first kappa shape index (κ1) is 16.7. The second kappa shape index (κ2) is 6.53. The van der Waals surface area contributed by atoms with Gasteiger partial charge in [-0.2, -0.15) is 0 Å². The van der Waals surface area contributed by atoms with E-state index in [-0.39, 0.29) is 12.7 Å². The number of nitrogens with two attached hydrogens (primary N) is 1. The van der Waals surface area contributed by atoms with Gasteiger partial charge in [-0.3, -0.25) is 5.41 Å². The zero-order chi connectivity index (χ0) is 18.1. The maximum Gasteiger partial charge on any atom is 0.214 e. The van der Waals surface area contributed by atoms with Crippen LogP contribution < -0.4 is 15.4 Å². The summed E-state index contributed by atoms with van der Waals surface area (Å²) in [6.07, 6.45) is 5.05. The van der Waals surface area contributed by atoms with Crippen LogP contribution >= 0.6 is 0 Å². The van der Waals surface area contributed by atoms with Gasteiger partial charge in [0.25, 0.3) is 0 Å². The van der Waals surface area contributed by atoms with Crippen molar-refractivity contribution in [3.8, 4) is 5.88 Å². The van der Waals surface area contributed by atoms with E-state index < -0.39 is 0 Å². The second-order valence-electron chi connectivity index (χ2n) is 6.90. The van der Waals surface area contributed by atoms with Crippen LogP contribution in [-0.2, 0) is 4.74 Å². The number of morpholine rings is 1. The number of nitrogens with zero attached hydrogens (tertiary/aromatic N) is 4. The molecule has 0 radical (unpaired) electrons. The molecule has 0 amide bonds. The Balaban J connectivity index is 0.00000210. The van der Waals surface area contributed by atoms with Gasteiger partial charge in [-0.05, 0) is 19.8 Å². The molecule has 3 heterocycles. The highest BCUT2D eigenvalue weighted by Gasteiger charge is 2.40. The molecule has 2 aromatic heterocycles. The van der Waals surface area contributed by atoms with E-state index in [0.717, 1.165) is 31.7 Å². The van der Waals surface area contributed by atoms with E-state index in [9.17, 15) is 0 Å². The molecule has 1 saturated heterocycles. The fourth-order valence-electron chi connectivity index (χ4n) is 2.84. The maximum atomic E-state index is 8.57. The number of anilines is 2. The van der Waals surface area contributed by atoms with Gasteiger partial charge >= 0.3 is 0 Å². The van der Waals surface area contributed by atoms with Crippen molar-refractivity contribution in [3.63, 3.8) is 0 Å². The molecule has 0 bridgehead atoms. The van der Waals surface area contributed by atoms with E-state index in [2.05, 4.69) is 26.8 Å². The summed E-state index contributed by atoms with van der Waals surface area (Å²) in [7, 11) is 0. The molecule has 1 saturated carbocycles. The SMILES string of the molecule is CC1(Oc2cc(C(=N)c3cc(N4CCOCC4)ncn3)c(N)cn2)CC1.[HH]. The average molecular weight is 356 g/mol. The lowest BCUT2D eigenvalue weighted by Crippen LogP contribution is -2.36. The molecule has 0 spiro atoms. The van der Waals surface area contributed by atoms with Gasteiger partial charge in [0.1, 0.15) is 17.7 Å². The molecule has 4 rings (SSSR count). The van der Waals surface area contributed by atoms with Crippen LogP contribution in [-0.4, -0.2) is 52.6 Å². The number of rotatable bonds is 5. The molecule has 8 nitrogen and oxygen atoms in total. The van der Waals surface area contributed by atoms with Crippen molar-refractivity contribution in [2.45, 2.75) is 25.4 Å². The van der Waals surface area contributed by atoms with Crippen LogP contribution in [0.15, 0.2) is 24.7 Å². The molecule has 26 heavy (non-hydrogen) atoms. The summed E-state index contributed by atoms with van der Waals surface area (Å²) in [5.74, 6) is 1.28. The zero-order valence-corrected chi connectivity index (χ0v) is 14.7. The highest BCUT2D eigenvalue weighted by atomic mass is 16.5. The highest BCUT2D eigenvalue weighted by molar-refractivity contribution is 6.13. The Morgan fingerprint density at radius 1 is 1.27 bits per heavy atom. The van der Waals surface area contributed by atoms with Crippen LogP contribution in [0.2, 0.25) is 0 Å². The largest absolute Gasteiger partial charge is 0.471 e. The van der Waals surface area contributed by atoms with Crippen molar-refractivity contribution < 1.29 is 10.9 Å². The van der Waals surface area contributed by atoms with Crippen molar-refractivity contribution in [3.05, 3.63) is 35.9 Å². The molecule has 0 aromatic carbocycles. The normalized spacial score (nSPS) is 18.4. The second-order valence-corrected chi connectivity index (χ2v) is 6.90. The Bertz CT molecular complexity index is 836. The van der Waals surface area contributed by atoms with E-state index >= 15 is 0 Å². The third-order valence-electron chi connectivity index (χ3n) is 4.73. The lowest BCUT2D eigenvalue weighted by atomic mass is 10.1. The molecule has 8 heteroatoms. The topological polar surface area (TPSA) is 110 Å². The minimum absolute atomic E-state index is 0. The summed E-state index contributed by atoms with van der Waals surface area (Å²) in [5.41, 5.74) is 7.65. The molecular formula is C18H24N6O2. The standard InChI is InChI=1S/C18H22N6O2.H2/c1-18(2-3-18)26-16-8-12(13(19)10-21-16)17(20)14-9-15(23-11-22-14)24-4-6-25-7-5-24;/h8-11,20H,2-7,19H2,1H3;1H. The number of hydrogen-bond acceptors (Lipinski definition) is 8. The molecule has 1 aliphatic heterocycles. The molecule has 2 aliphatic rings. The lowest BCUT2D eigenvalue weighted by molar-refractivity contribution is 0.122. The Morgan fingerprint density at radius 2 is 2.04 bits per heavy atom. The van der Waals surface area contributed by atoms with Crippen LogP contribution in [0.5, 0.6) is 5.88 Å². The number of nitrogen functional groups attached to an aromatic ring is 1. The predicted octanol–water partition coefficient (Wildman–Crippen LogP) is 1.88. The molecular weight excluding hydrogens is 332 g/mol. The first-order chi connectivity index (χ1) is 12.5. The number of pyridine rings is 1. The number of nitrogens with one attached hydrogen (secondary N) is 1. The third-order valence-corrected chi connectivity index (χ3v) is 4.73. The maximum absolute atomic E-state index is 8.57. The molecule has 3 N–H and O–H groups in total. The van der Waals surface area contributed by atoms with Crippen LogP contribution in [0.4, 0.5) is 11.5 Å². The molecule has 2 aromatic rings. The minimum atomic E-state index is -0.138. The summed E-state index contributed by atoms with van der Waals surface area (Å²) in [5, 5.41) is 8.57. The van der Waals surface area contributed by atoms with Gasteiger partial charge in [0.05, 0.1) is 36.5 Å². The summed E-state index contributed by atoms with van der Waals surface area (Å²) < 4.78 is 11.3. The smallest absolute Gasteiger partial charge is 0.214 e. The molecule has 0 atom stereocenters. The summed E-state index contributed by atoms with van der Waals surface area (Å²) in [4.78, 5) is 14.9. The number of ether oxygens (including phenoxy) is 2.